The molecule has 0 aliphatic carbocycles. The van der Waals surface area contributed by atoms with Crippen molar-refractivity contribution in [1.29, 1.82) is 0 Å². The van der Waals surface area contributed by atoms with Gasteiger partial charge in [0.05, 0.1) is 23.5 Å². The average Bonchev–Trinajstić information content (AvgIpc) is 3.15. The molecule has 0 saturated heterocycles. The molecule has 22 heavy (non-hydrogen) atoms. The van der Waals surface area contributed by atoms with Gasteiger partial charge in [0.15, 0.2) is 0 Å². The highest BCUT2D eigenvalue weighted by Crippen LogP contribution is 2.31. The molecule has 0 saturated carbocycles. The minimum Gasteiger partial charge on any atom is -0.497 e. The van der Waals surface area contributed by atoms with Gasteiger partial charge in [0, 0.05) is 11.8 Å². The van der Waals surface area contributed by atoms with E-state index in [2.05, 4.69) is 10.1 Å². The molecule has 0 aliphatic rings. The lowest BCUT2D eigenvalue weighted by Crippen LogP contribution is -2.22. The Balaban J connectivity index is 1.96. The van der Waals surface area contributed by atoms with Gasteiger partial charge < -0.3 is 4.74 Å². The molecule has 1 amide bonds. The maximum atomic E-state index is 11.9. The number of benzene rings is 1. The summed E-state index contributed by atoms with van der Waals surface area (Å²) in [7, 11) is 1.62. The number of fused-ring (bicyclic) bond motifs is 1. The van der Waals surface area contributed by atoms with Crippen molar-refractivity contribution in [1.82, 2.24) is 4.98 Å². The van der Waals surface area contributed by atoms with Crippen molar-refractivity contribution in [2.75, 3.05) is 12.1 Å². The number of anilines is 1. The third-order valence-electron chi connectivity index (χ3n) is 2.91. The second-order valence-electron chi connectivity index (χ2n) is 4.42. The minimum atomic E-state index is -0.182. The highest BCUT2D eigenvalue weighted by atomic mass is 32.1. The summed E-state index contributed by atoms with van der Waals surface area (Å²) in [5.41, 5.74) is 0.818. The third kappa shape index (κ3) is 3.00. The Labute approximate surface area is 135 Å². The van der Waals surface area contributed by atoms with Crippen LogP contribution in [0, 0.1) is 0 Å². The topological polar surface area (TPSA) is 54.8 Å². The summed E-state index contributed by atoms with van der Waals surface area (Å²) < 4.78 is 6.16. The monoisotopic (exact) mass is 331 g/mol. The lowest BCUT2D eigenvalue weighted by Gasteiger charge is -2.09. The van der Waals surface area contributed by atoms with E-state index in [1.54, 1.807) is 24.7 Å². The largest absolute Gasteiger partial charge is 0.497 e. The van der Waals surface area contributed by atoms with Crippen molar-refractivity contribution < 1.29 is 9.53 Å². The highest BCUT2D eigenvalue weighted by Gasteiger charge is 2.15. The zero-order chi connectivity index (χ0) is 15.5. The van der Waals surface area contributed by atoms with Crippen LogP contribution in [0.1, 0.15) is 11.8 Å². The third-order valence-corrected chi connectivity index (χ3v) is 4.71. The number of thiazole rings is 1. The van der Waals surface area contributed by atoms with E-state index in [4.69, 9.17) is 4.74 Å². The fourth-order valence-electron chi connectivity index (χ4n) is 1.86. The molecular formula is C15H13N3O2S2. The molecule has 0 fully saturated rings. The summed E-state index contributed by atoms with van der Waals surface area (Å²) in [6.07, 6.45) is 1.67. The summed E-state index contributed by atoms with van der Waals surface area (Å²) in [5.74, 6) is 0.581. The Morgan fingerprint density at radius 1 is 1.41 bits per heavy atom. The average molecular weight is 331 g/mol. The predicted molar refractivity (Wildman–Crippen MR) is 91.2 cm³/mol. The maximum Gasteiger partial charge on any atom is 0.246 e. The number of hydrogen-bond donors (Lipinski definition) is 0. The second-order valence-corrected chi connectivity index (χ2v) is 6.41. The van der Waals surface area contributed by atoms with E-state index in [0.29, 0.717) is 5.13 Å². The van der Waals surface area contributed by atoms with Crippen LogP contribution in [0.2, 0.25) is 0 Å². The van der Waals surface area contributed by atoms with Crippen molar-refractivity contribution >= 4 is 50.1 Å². The molecule has 112 valence electrons. The predicted octanol–water partition coefficient (Wildman–Crippen LogP) is 3.75. The number of aromatic nitrogens is 1. The zero-order valence-corrected chi connectivity index (χ0v) is 13.6. The van der Waals surface area contributed by atoms with Crippen LogP contribution in [-0.4, -0.2) is 24.2 Å². The van der Waals surface area contributed by atoms with Crippen molar-refractivity contribution in [3.8, 4) is 5.75 Å². The Morgan fingerprint density at radius 2 is 2.27 bits per heavy atom. The molecule has 0 spiro atoms. The van der Waals surface area contributed by atoms with Crippen molar-refractivity contribution in [3.63, 3.8) is 0 Å². The number of amides is 1. The molecule has 3 aromatic rings. The number of rotatable bonds is 4. The van der Waals surface area contributed by atoms with E-state index in [1.807, 2.05) is 35.7 Å². The minimum absolute atomic E-state index is 0.182. The van der Waals surface area contributed by atoms with Gasteiger partial charge in [0.25, 0.3) is 0 Å². The second kappa shape index (κ2) is 6.25. The molecule has 0 N–H and O–H groups in total. The molecule has 0 bridgehead atoms. The first-order chi connectivity index (χ1) is 10.7. The van der Waals surface area contributed by atoms with E-state index in [0.717, 1.165) is 20.8 Å². The molecule has 2 aromatic heterocycles. The van der Waals surface area contributed by atoms with Crippen LogP contribution in [0.25, 0.3) is 10.2 Å². The van der Waals surface area contributed by atoms with Crippen LogP contribution in [0.4, 0.5) is 5.13 Å². The van der Waals surface area contributed by atoms with Crippen molar-refractivity contribution in [2.45, 2.75) is 6.92 Å². The van der Waals surface area contributed by atoms with Crippen LogP contribution >= 0.6 is 22.7 Å². The first-order valence-corrected chi connectivity index (χ1v) is 8.20. The van der Waals surface area contributed by atoms with E-state index < -0.39 is 0 Å². The number of carbonyl (C=O) groups excluding carboxylic acids is 1. The fraction of sp³-hybridized carbons (Fsp3) is 0.133. The van der Waals surface area contributed by atoms with Crippen LogP contribution in [0.3, 0.4) is 0 Å². The van der Waals surface area contributed by atoms with Crippen LogP contribution in [-0.2, 0) is 4.79 Å². The first-order valence-electron chi connectivity index (χ1n) is 6.50. The zero-order valence-electron chi connectivity index (χ0n) is 12.0. The van der Waals surface area contributed by atoms with Gasteiger partial charge >= 0.3 is 0 Å². The first kappa shape index (κ1) is 14.7. The molecule has 0 unspecified atom stereocenters. The van der Waals surface area contributed by atoms with Gasteiger partial charge in [0.1, 0.15) is 5.75 Å². The molecule has 0 atom stereocenters. The summed E-state index contributed by atoms with van der Waals surface area (Å²) in [4.78, 5) is 17.3. The van der Waals surface area contributed by atoms with E-state index in [9.17, 15) is 4.79 Å². The van der Waals surface area contributed by atoms with Gasteiger partial charge in [0.2, 0.25) is 11.0 Å². The lowest BCUT2D eigenvalue weighted by atomic mass is 10.3. The number of nitrogens with zero attached hydrogens (tertiary/aromatic N) is 3. The summed E-state index contributed by atoms with van der Waals surface area (Å²) in [5, 5.41) is 8.08. The SMILES string of the molecule is COc1ccc2nc(N(/N=C/c3cccs3)C(C)=O)sc2c1. The molecule has 2 heterocycles. The number of ether oxygens (including phenoxy) is 1. The van der Waals surface area contributed by atoms with Crippen LogP contribution < -0.4 is 9.75 Å². The maximum absolute atomic E-state index is 11.9. The molecule has 0 radical (unpaired) electrons. The van der Waals surface area contributed by atoms with Gasteiger partial charge in [-0.15, -0.1) is 11.3 Å². The highest BCUT2D eigenvalue weighted by molar-refractivity contribution is 7.22. The number of methoxy groups -OCH3 is 1. The van der Waals surface area contributed by atoms with Crippen LogP contribution in [0.5, 0.6) is 5.75 Å². The molecule has 7 heteroatoms. The normalized spacial score (nSPS) is 11.2. The number of thiophene rings is 1. The molecule has 5 nitrogen and oxygen atoms in total. The van der Waals surface area contributed by atoms with E-state index in [-0.39, 0.29) is 5.91 Å². The van der Waals surface area contributed by atoms with Crippen molar-refractivity contribution in [3.05, 3.63) is 40.6 Å². The van der Waals surface area contributed by atoms with Gasteiger partial charge in [-0.25, -0.2) is 4.98 Å². The standard InChI is InChI=1S/C15H13N3O2S2/c1-10(19)18(16-9-12-4-3-7-21-12)15-17-13-6-5-11(20-2)8-14(13)22-15/h3-9H,1-2H3/b16-9+. The Bertz CT molecular complexity index is 825. The van der Waals surface area contributed by atoms with Gasteiger partial charge in [-0.2, -0.15) is 10.1 Å². The van der Waals surface area contributed by atoms with Gasteiger partial charge in [-0.05, 0) is 29.6 Å². The Kier molecular flexibility index (Phi) is 4.17. The van der Waals surface area contributed by atoms with Gasteiger partial charge in [-0.1, -0.05) is 17.4 Å². The molecule has 1 aromatic carbocycles. The smallest absolute Gasteiger partial charge is 0.246 e. The Hall–Kier alpha value is -2.25. The van der Waals surface area contributed by atoms with E-state index in [1.165, 1.54) is 23.3 Å². The molecule has 0 aliphatic heterocycles. The summed E-state index contributed by atoms with van der Waals surface area (Å²) in [6, 6.07) is 9.50. The summed E-state index contributed by atoms with van der Waals surface area (Å²) >= 11 is 2.97. The van der Waals surface area contributed by atoms with Crippen LogP contribution in [0.15, 0.2) is 40.8 Å². The Morgan fingerprint density at radius 3 is 2.95 bits per heavy atom. The van der Waals surface area contributed by atoms with Gasteiger partial charge in [-0.3, -0.25) is 4.79 Å². The molecule has 3 rings (SSSR count). The molecular weight excluding hydrogens is 318 g/mol. The lowest BCUT2D eigenvalue weighted by molar-refractivity contribution is -0.116. The van der Waals surface area contributed by atoms with E-state index >= 15 is 0 Å². The van der Waals surface area contributed by atoms with Crippen molar-refractivity contribution in [2.24, 2.45) is 5.10 Å². The number of hydrogen-bond acceptors (Lipinski definition) is 6. The number of carbonyl (C=O) groups is 1. The fourth-order valence-corrected chi connectivity index (χ4v) is 3.43. The summed E-state index contributed by atoms with van der Waals surface area (Å²) in [6.45, 7) is 1.47. The quantitative estimate of drug-likeness (QED) is 0.540. The number of hydrazone groups is 1.